The molecule has 0 radical (unpaired) electrons. The summed E-state index contributed by atoms with van der Waals surface area (Å²) in [5, 5.41) is 0. The van der Waals surface area contributed by atoms with Crippen LogP contribution < -0.4 is 11.5 Å². The van der Waals surface area contributed by atoms with Crippen LogP contribution in [0.3, 0.4) is 0 Å². The number of anilines is 2. The van der Waals surface area contributed by atoms with Gasteiger partial charge < -0.3 is 20.9 Å². The number of benzene rings is 1. The molecule has 0 fully saturated rings. The third-order valence-corrected chi connectivity index (χ3v) is 2.15. The SMILES string of the molecule is Nc1cc(N)cc(C(=O)OCCCOCC(F)(F)F)c1. The normalized spacial score (nSPS) is 11.3. The van der Waals surface area contributed by atoms with Crippen LogP contribution in [0.4, 0.5) is 24.5 Å². The van der Waals surface area contributed by atoms with Crippen LogP contribution in [0.2, 0.25) is 0 Å². The molecule has 0 aliphatic heterocycles. The van der Waals surface area contributed by atoms with Crippen molar-refractivity contribution in [1.29, 1.82) is 0 Å². The van der Waals surface area contributed by atoms with Crippen molar-refractivity contribution >= 4 is 17.3 Å². The van der Waals surface area contributed by atoms with E-state index >= 15 is 0 Å². The molecule has 112 valence electrons. The highest BCUT2D eigenvalue weighted by atomic mass is 19.4. The molecular formula is C12H15F3N2O3. The van der Waals surface area contributed by atoms with E-state index in [9.17, 15) is 18.0 Å². The second-order valence-electron chi connectivity index (χ2n) is 4.05. The van der Waals surface area contributed by atoms with E-state index in [1.54, 1.807) is 0 Å². The Kier molecular flexibility index (Phi) is 5.63. The lowest BCUT2D eigenvalue weighted by Gasteiger charge is -2.08. The summed E-state index contributed by atoms with van der Waals surface area (Å²) in [5.74, 6) is -0.639. The summed E-state index contributed by atoms with van der Waals surface area (Å²) in [4.78, 5) is 11.6. The Balaban J connectivity index is 2.27. The molecule has 8 heteroatoms. The van der Waals surface area contributed by atoms with Crippen molar-refractivity contribution in [3.05, 3.63) is 23.8 Å². The summed E-state index contributed by atoms with van der Waals surface area (Å²) in [7, 11) is 0. The van der Waals surface area contributed by atoms with Crippen molar-refractivity contribution in [3.63, 3.8) is 0 Å². The van der Waals surface area contributed by atoms with Gasteiger partial charge in [0.2, 0.25) is 0 Å². The fraction of sp³-hybridized carbons (Fsp3) is 0.417. The van der Waals surface area contributed by atoms with E-state index in [1.807, 2.05) is 0 Å². The van der Waals surface area contributed by atoms with Crippen molar-refractivity contribution in [2.45, 2.75) is 12.6 Å². The van der Waals surface area contributed by atoms with Crippen molar-refractivity contribution in [1.82, 2.24) is 0 Å². The van der Waals surface area contributed by atoms with Gasteiger partial charge in [-0.3, -0.25) is 0 Å². The molecule has 20 heavy (non-hydrogen) atoms. The van der Waals surface area contributed by atoms with E-state index in [4.69, 9.17) is 16.2 Å². The monoisotopic (exact) mass is 292 g/mol. The van der Waals surface area contributed by atoms with Gasteiger partial charge in [0.1, 0.15) is 6.61 Å². The number of rotatable bonds is 6. The maximum absolute atomic E-state index is 11.8. The Morgan fingerprint density at radius 3 is 2.25 bits per heavy atom. The molecule has 0 saturated heterocycles. The van der Waals surface area contributed by atoms with Gasteiger partial charge in [0.05, 0.1) is 18.8 Å². The van der Waals surface area contributed by atoms with Crippen LogP contribution in [0, 0.1) is 0 Å². The van der Waals surface area contributed by atoms with E-state index in [0.29, 0.717) is 11.4 Å². The molecule has 1 aromatic rings. The van der Waals surface area contributed by atoms with E-state index < -0.39 is 18.8 Å². The topological polar surface area (TPSA) is 87.6 Å². The molecule has 0 aliphatic rings. The van der Waals surface area contributed by atoms with E-state index in [-0.39, 0.29) is 25.2 Å². The predicted molar refractivity (Wildman–Crippen MR) is 67.0 cm³/mol. The van der Waals surface area contributed by atoms with Gasteiger partial charge in [0.25, 0.3) is 0 Å². The zero-order valence-electron chi connectivity index (χ0n) is 10.6. The number of ether oxygens (including phenoxy) is 2. The molecule has 1 aromatic carbocycles. The highest BCUT2D eigenvalue weighted by Crippen LogP contribution is 2.15. The minimum absolute atomic E-state index is 0.0502. The van der Waals surface area contributed by atoms with Gasteiger partial charge in [0, 0.05) is 17.8 Å². The minimum Gasteiger partial charge on any atom is -0.462 e. The standard InChI is InChI=1S/C12H15F3N2O3/c13-12(14,15)7-19-2-1-3-20-11(18)8-4-9(16)6-10(17)5-8/h4-6H,1-3,7,16-17H2. The quantitative estimate of drug-likeness (QED) is 0.475. The maximum Gasteiger partial charge on any atom is 0.411 e. The Morgan fingerprint density at radius 1 is 1.10 bits per heavy atom. The van der Waals surface area contributed by atoms with Crippen LogP contribution in [0.25, 0.3) is 0 Å². The molecule has 0 atom stereocenters. The van der Waals surface area contributed by atoms with Gasteiger partial charge >= 0.3 is 12.1 Å². The first-order valence-electron chi connectivity index (χ1n) is 5.75. The lowest BCUT2D eigenvalue weighted by molar-refractivity contribution is -0.174. The lowest BCUT2D eigenvalue weighted by atomic mass is 10.2. The number of nitrogens with two attached hydrogens (primary N) is 2. The molecular weight excluding hydrogens is 277 g/mol. The highest BCUT2D eigenvalue weighted by Gasteiger charge is 2.27. The highest BCUT2D eigenvalue weighted by molar-refractivity contribution is 5.91. The van der Waals surface area contributed by atoms with Gasteiger partial charge in [-0.15, -0.1) is 0 Å². The number of esters is 1. The first-order chi connectivity index (χ1) is 9.28. The van der Waals surface area contributed by atoms with Crippen molar-refractivity contribution in [2.75, 3.05) is 31.3 Å². The van der Waals surface area contributed by atoms with E-state index in [2.05, 4.69) is 4.74 Å². The second kappa shape index (κ2) is 6.99. The second-order valence-corrected chi connectivity index (χ2v) is 4.05. The van der Waals surface area contributed by atoms with Crippen LogP contribution in [0.5, 0.6) is 0 Å². The number of hydrogen-bond acceptors (Lipinski definition) is 5. The fourth-order valence-electron chi connectivity index (χ4n) is 1.39. The van der Waals surface area contributed by atoms with Crippen molar-refractivity contribution < 1.29 is 27.4 Å². The Morgan fingerprint density at radius 2 is 1.70 bits per heavy atom. The number of alkyl halides is 3. The average Bonchev–Trinajstić information content (AvgIpc) is 2.30. The molecule has 0 spiro atoms. The first kappa shape index (κ1) is 16.1. The first-order valence-corrected chi connectivity index (χ1v) is 5.75. The number of nitrogen functional groups attached to an aromatic ring is 2. The lowest BCUT2D eigenvalue weighted by Crippen LogP contribution is -2.18. The van der Waals surface area contributed by atoms with Crippen LogP contribution in [0.15, 0.2) is 18.2 Å². The van der Waals surface area contributed by atoms with Gasteiger partial charge in [-0.2, -0.15) is 13.2 Å². The van der Waals surface area contributed by atoms with E-state index in [1.165, 1.54) is 18.2 Å². The molecule has 0 aromatic heterocycles. The van der Waals surface area contributed by atoms with Gasteiger partial charge in [-0.25, -0.2) is 4.79 Å². The average molecular weight is 292 g/mol. The zero-order chi connectivity index (χ0) is 15.2. The number of carbonyl (C=O) groups excluding carboxylic acids is 1. The Hall–Kier alpha value is -1.96. The fourth-order valence-corrected chi connectivity index (χ4v) is 1.39. The summed E-state index contributed by atoms with van der Waals surface area (Å²) < 4.78 is 44.5. The molecule has 0 heterocycles. The zero-order valence-corrected chi connectivity index (χ0v) is 10.6. The van der Waals surface area contributed by atoms with Crippen LogP contribution in [0.1, 0.15) is 16.8 Å². The Bertz CT molecular complexity index is 444. The van der Waals surface area contributed by atoms with Crippen LogP contribution in [-0.4, -0.2) is 32.0 Å². The molecule has 0 bridgehead atoms. The summed E-state index contributed by atoms with van der Waals surface area (Å²) in [6, 6.07) is 4.29. The van der Waals surface area contributed by atoms with Crippen LogP contribution >= 0.6 is 0 Å². The van der Waals surface area contributed by atoms with Gasteiger partial charge in [-0.05, 0) is 18.2 Å². The smallest absolute Gasteiger partial charge is 0.411 e. The predicted octanol–water partition coefficient (Wildman–Crippen LogP) is 1.98. The summed E-state index contributed by atoms with van der Waals surface area (Å²) in [6.07, 6.45) is -4.19. The van der Waals surface area contributed by atoms with Crippen molar-refractivity contribution in [3.8, 4) is 0 Å². The largest absolute Gasteiger partial charge is 0.462 e. The molecule has 0 aliphatic carbocycles. The number of hydrogen-bond donors (Lipinski definition) is 2. The minimum atomic E-state index is -4.35. The summed E-state index contributed by atoms with van der Waals surface area (Å²) in [5.41, 5.74) is 11.9. The molecule has 4 N–H and O–H groups in total. The summed E-state index contributed by atoms with van der Waals surface area (Å²) >= 11 is 0. The molecule has 5 nitrogen and oxygen atoms in total. The summed E-state index contributed by atoms with van der Waals surface area (Å²) in [6.45, 7) is -1.51. The van der Waals surface area contributed by atoms with Gasteiger partial charge in [0.15, 0.2) is 0 Å². The van der Waals surface area contributed by atoms with Gasteiger partial charge in [-0.1, -0.05) is 0 Å². The molecule has 1 rings (SSSR count). The van der Waals surface area contributed by atoms with Crippen molar-refractivity contribution in [2.24, 2.45) is 0 Å². The molecule has 0 amide bonds. The van der Waals surface area contributed by atoms with E-state index in [0.717, 1.165) is 0 Å². The Labute approximate surface area is 113 Å². The number of carbonyl (C=O) groups is 1. The van der Waals surface area contributed by atoms with Crippen LogP contribution in [-0.2, 0) is 9.47 Å². The third kappa shape index (κ3) is 6.28. The number of halogens is 3. The third-order valence-electron chi connectivity index (χ3n) is 2.15. The maximum atomic E-state index is 11.8. The molecule has 0 unspecified atom stereocenters. The molecule has 0 saturated carbocycles.